The molecule has 1 aromatic carbocycles. The number of carbonyl (C=O) groups is 1. The number of benzene rings is 1. The third-order valence-electron chi connectivity index (χ3n) is 3.25. The zero-order valence-corrected chi connectivity index (χ0v) is 11.2. The average molecular weight is 267 g/mol. The summed E-state index contributed by atoms with van der Waals surface area (Å²) >= 11 is 6.13. The van der Waals surface area contributed by atoms with Crippen LogP contribution in [0.3, 0.4) is 0 Å². The fourth-order valence-electron chi connectivity index (χ4n) is 2.21. The number of likely N-dealkylation sites (tertiary alicyclic amines) is 1. The van der Waals surface area contributed by atoms with E-state index in [-0.39, 0.29) is 5.91 Å². The quantitative estimate of drug-likeness (QED) is 0.829. The van der Waals surface area contributed by atoms with Gasteiger partial charge in [0.25, 0.3) is 0 Å². The smallest absolute Gasteiger partial charge is 0.242 e. The molecular formula is C14H19ClN2O. The highest BCUT2D eigenvalue weighted by molar-refractivity contribution is 6.30. The van der Waals surface area contributed by atoms with Gasteiger partial charge < -0.3 is 10.2 Å². The second kappa shape index (κ2) is 6.76. The fourth-order valence-corrected chi connectivity index (χ4v) is 2.43. The summed E-state index contributed by atoms with van der Waals surface area (Å²) in [6.07, 6.45) is 2.55. The van der Waals surface area contributed by atoms with E-state index in [1.807, 2.05) is 30.3 Å². The molecule has 0 aromatic heterocycles. The number of rotatable bonds is 5. The molecule has 1 saturated heterocycles. The van der Waals surface area contributed by atoms with Crippen LogP contribution in [0.2, 0.25) is 0 Å². The number of halogens is 1. The Kier molecular flexibility index (Phi) is 5.02. The van der Waals surface area contributed by atoms with Gasteiger partial charge in [0.1, 0.15) is 5.38 Å². The molecule has 2 rings (SSSR count). The summed E-state index contributed by atoms with van der Waals surface area (Å²) in [5, 5.41) is 2.30. The molecule has 0 aliphatic carbocycles. The van der Waals surface area contributed by atoms with Crippen LogP contribution in [0.5, 0.6) is 0 Å². The van der Waals surface area contributed by atoms with Gasteiger partial charge in [-0.25, -0.2) is 0 Å². The van der Waals surface area contributed by atoms with Crippen molar-refractivity contribution >= 4 is 17.5 Å². The molecule has 18 heavy (non-hydrogen) atoms. The lowest BCUT2D eigenvalue weighted by Gasteiger charge is -2.16. The summed E-state index contributed by atoms with van der Waals surface area (Å²) in [6, 6.07) is 9.44. The van der Waals surface area contributed by atoms with Crippen LogP contribution in [0.4, 0.5) is 0 Å². The summed E-state index contributed by atoms with van der Waals surface area (Å²) in [4.78, 5) is 14.2. The SMILES string of the molecule is O=C(NCCN1CCCC1)C(Cl)c1ccccc1. The zero-order valence-electron chi connectivity index (χ0n) is 10.4. The molecular weight excluding hydrogens is 248 g/mol. The van der Waals surface area contributed by atoms with Crippen molar-refractivity contribution < 1.29 is 4.79 Å². The number of alkyl halides is 1. The average Bonchev–Trinajstić information content (AvgIpc) is 2.92. The third kappa shape index (κ3) is 3.72. The van der Waals surface area contributed by atoms with Crippen LogP contribution in [0.15, 0.2) is 30.3 Å². The molecule has 0 radical (unpaired) electrons. The first-order chi connectivity index (χ1) is 8.77. The lowest BCUT2D eigenvalue weighted by Crippen LogP contribution is -2.35. The van der Waals surface area contributed by atoms with Gasteiger partial charge in [0.15, 0.2) is 0 Å². The highest BCUT2D eigenvalue weighted by atomic mass is 35.5. The molecule has 1 atom stereocenters. The Labute approximate surface area is 113 Å². The van der Waals surface area contributed by atoms with Crippen LogP contribution in [0, 0.1) is 0 Å². The molecule has 0 saturated carbocycles. The molecule has 1 fully saturated rings. The molecule has 0 bridgehead atoms. The Morgan fingerprint density at radius 3 is 2.61 bits per heavy atom. The van der Waals surface area contributed by atoms with Crippen molar-refractivity contribution in [2.75, 3.05) is 26.2 Å². The molecule has 1 aromatic rings. The van der Waals surface area contributed by atoms with Crippen molar-refractivity contribution in [3.05, 3.63) is 35.9 Å². The second-order valence-corrected chi connectivity index (χ2v) is 5.05. The molecule has 1 aliphatic heterocycles. The standard InChI is InChI=1S/C14H19ClN2O/c15-13(12-6-2-1-3-7-12)14(18)16-8-11-17-9-4-5-10-17/h1-3,6-7,13H,4-5,8-11H2,(H,16,18). The number of nitrogens with zero attached hydrogens (tertiary/aromatic N) is 1. The summed E-state index contributed by atoms with van der Waals surface area (Å²) in [7, 11) is 0. The van der Waals surface area contributed by atoms with Crippen molar-refractivity contribution in [3.8, 4) is 0 Å². The fraction of sp³-hybridized carbons (Fsp3) is 0.500. The summed E-state index contributed by atoms with van der Waals surface area (Å²) < 4.78 is 0. The highest BCUT2D eigenvalue weighted by Gasteiger charge is 2.17. The van der Waals surface area contributed by atoms with Gasteiger partial charge in [-0.3, -0.25) is 4.79 Å². The molecule has 1 aliphatic rings. The van der Waals surface area contributed by atoms with Gasteiger partial charge in [0, 0.05) is 13.1 Å². The van der Waals surface area contributed by atoms with E-state index >= 15 is 0 Å². The first kappa shape index (κ1) is 13.4. The molecule has 1 N–H and O–H groups in total. The van der Waals surface area contributed by atoms with E-state index in [9.17, 15) is 4.79 Å². The zero-order chi connectivity index (χ0) is 12.8. The van der Waals surface area contributed by atoms with Crippen LogP contribution in [0.25, 0.3) is 0 Å². The topological polar surface area (TPSA) is 32.3 Å². The molecule has 3 nitrogen and oxygen atoms in total. The predicted octanol–water partition coefficient (Wildman–Crippen LogP) is 2.18. The Hall–Kier alpha value is -1.06. The monoisotopic (exact) mass is 266 g/mol. The first-order valence-corrected chi connectivity index (χ1v) is 6.90. The maximum atomic E-state index is 11.9. The van der Waals surface area contributed by atoms with Crippen LogP contribution in [0.1, 0.15) is 23.8 Å². The molecule has 1 heterocycles. The molecule has 0 spiro atoms. The van der Waals surface area contributed by atoms with Gasteiger partial charge in [-0.05, 0) is 31.5 Å². The van der Waals surface area contributed by atoms with Crippen LogP contribution in [-0.2, 0) is 4.79 Å². The second-order valence-electron chi connectivity index (χ2n) is 4.61. The lowest BCUT2D eigenvalue weighted by molar-refractivity contribution is -0.120. The van der Waals surface area contributed by atoms with E-state index in [0.717, 1.165) is 25.2 Å². The number of carbonyl (C=O) groups excluding carboxylic acids is 1. The minimum Gasteiger partial charge on any atom is -0.353 e. The number of amides is 1. The largest absolute Gasteiger partial charge is 0.353 e. The molecule has 1 amide bonds. The van der Waals surface area contributed by atoms with Gasteiger partial charge in [-0.2, -0.15) is 0 Å². The van der Waals surface area contributed by atoms with Gasteiger partial charge >= 0.3 is 0 Å². The number of hydrogen-bond donors (Lipinski definition) is 1. The third-order valence-corrected chi connectivity index (χ3v) is 3.70. The van der Waals surface area contributed by atoms with Crippen molar-refractivity contribution in [1.29, 1.82) is 0 Å². The van der Waals surface area contributed by atoms with Crippen LogP contribution < -0.4 is 5.32 Å². The van der Waals surface area contributed by atoms with Gasteiger partial charge in [0.05, 0.1) is 0 Å². The van der Waals surface area contributed by atoms with Crippen molar-refractivity contribution in [3.63, 3.8) is 0 Å². The molecule has 4 heteroatoms. The summed E-state index contributed by atoms with van der Waals surface area (Å²) in [5.41, 5.74) is 0.845. The molecule has 1 unspecified atom stereocenters. The van der Waals surface area contributed by atoms with Gasteiger partial charge in [-0.15, -0.1) is 11.6 Å². The van der Waals surface area contributed by atoms with Gasteiger partial charge in [-0.1, -0.05) is 30.3 Å². The van der Waals surface area contributed by atoms with E-state index in [4.69, 9.17) is 11.6 Å². The van der Waals surface area contributed by atoms with Crippen molar-refractivity contribution in [2.24, 2.45) is 0 Å². The van der Waals surface area contributed by atoms with Crippen molar-refractivity contribution in [1.82, 2.24) is 10.2 Å². The number of hydrogen-bond acceptors (Lipinski definition) is 2. The molecule has 98 valence electrons. The highest BCUT2D eigenvalue weighted by Crippen LogP contribution is 2.19. The normalized spacial score (nSPS) is 17.6. The Balaban J connectivity index is 1.74. The maximum Gasteiger partial charge on any atom is 0.242 e. The Bertz CT molecular complexity index is 377. The van der Waals surface area contributed by atoms with E-state index in [0.29, 0.717) is 6.54 Å². The van der Waals surface area contributed by atoms with Crippen LogP contribution >= 0.6 is 11.6 Å². The number of nitrogens with one attached hydrogen (secondary N) is 1. The lowest BCUT2D eigenvalue weighted by atomic mass is 10.1. The summed E-state index contributed by atoms with van der Waals surface area (Å²) in [5.74, 6) is -0.109. The van der Waals surface area contributed by atoms with E-state index in [1.165, 1.54) is 12.8 Å². The van der Waals surface area contributed by atoms with Gasteiger partial charge in [0.2, 0.25) is 5.91 Å². The van der Waals surface area contributed by atoms with E-state index in [2.05, 4.69) is 10.2 Å². The first-order valence-electron chi connectivity index (χ1n) is 6.46. The van der Waals surface area contributed by atoms with Crippen molar-refractivity contribution in [2.45, 2.75) is 18.2 Å². The van der Waals surface area contributed by atoms with E-state index in [1.54, 1.807) is 0 Å². The summed E-state index contributed by atoms with van der Waals surface area (Å²) in [6.45, 7) is 3.90. The van der Waals surface area contributed by atoms with E-state index < -0.39 is 5.38 Å². The van der Waals surface area contributed by atoms with Crippen LogP contribution in [-0.4, -0.2) is 37.0 Å². The maximum absolute atomic E-state index is 11.9. The Morgan fingerprint density at radius 2 is 1.94 bits per heavy atom. The minimum absolute atomic E-state index is 0.109. The minimum atomic E-state index is -0.593. The Morgan fingerprint density at radius 1 is 1.28 bits per heavy atom. The predicted molar refractivity (Wildman–Crippen MR) is 73.7 cm³/mol.